The van der Waals surface area contributed by atoms with E-state index in [9.17, 15) is 15.5 Å². The van der Waals surface area contributed by atoms with Crippen LogP contribution in [0.4, 0.5) is 0 Å². The summed E-state index contributed by atoms with van der Waals surface area (Å²) >= 11 is 0. The number of rotatable bonds is 7. The number of hydrogen-bond donors (Lipinski definition) is 2. The van der Waals surface area contributed by atoms with Crippen molar-refractivity contribution in [2.24, 2.45) is 0 Å². The average Bonchev–Trinajstić information content (AvgIpc) is 3.46. The Hall–Kier alpha value is -2.83. The van der Waals surface area contributed by atoms with Crippen LogP contribution in [0.15, 0.2) is 36.4 Å². The van der Waals surface area contributed by atoms with Gasteiger partial charge in [-0.25, -0.2) is 0 Å². The summed E-state index contributed by atoms with van der Waals surface area (Å²) in [5.41, 5.74) is 0.639. The van der Waals surface area contributed by atoms with Gasteiger partial charge in [0.25, 0.3) is 0 Å². The lowest BCUT2D eigenvalue weighted by atomic mass is 9.74. The van der Waals surface area contributed by atoms with Crippen molar-refractivity contribution >= 4 is 19.1 Å². The molecule has 2 aliphatic heterocycles. The van der Waals surface area contributed by atoms with Gasteiger partial charge in [-0.2, -0.15) is 5.26 Å². The van der Waals surface area contributed by atoms with Crippen molar-refractivity contribution < 1.29 is 24.1 Å². The van der Waals surface area contributed by atoms with Crippen LogP contribution < -0.4 is 0 Å². The molecule has 0 aliphatic carbocycles. The lowest BCUT2D eigenvalue weighted by Gasteiger charge is -2.37. The summed E-state index contributed by atoms with van der Waals surface area (Å²) in [6, 6.07) is 13.3. The van der Waals surface area contributed by atoms with Gasteiger partial charge < -0.3 is 24.1 Å². The molecule has 2 aromatic carbocycles. The van der Waals surface area contributed by atoms with Crippen LogP contribution >= 0.6 is 0 Å². The van der Waals surface area contributed by atoms with E-state index in [-0.39, 0.29) is 22.9 Å². The van der Waals surface area contributed by atoms with Gasteiger partial charge in [-0.05, 0) is 36.7 Å². The smallest absolute Gasteiger partial charge is 0.205 e. The van der Waals surface area contributed by atoms with Crippen LogP contribution in [-0.4, -0.2) is 42.9 Å². The average molecular weight is 535 g/mol. The highest BCUT2D eigenvalue weighted by atomic mass is 28.4. The summed E-state index contributed by atoms with van der Waals surface area (Å²) in [7, 11) is -0.320. The van der Waals surface area contributed by atoms with Crippen molar-refractivity contribution in [2.75, 3.05) is 13.7 Å². The van der Waals surface area contributed by atoms with Gasteiger partial charge in [0.2, 0.25) is 11.8 Å². The fourth-order valence-corrected chi connectivity index (χ4v) is 7.23. The first-order valence-corrected chi connectivity index (χ1v) is 16.2. The van der Waals surface area contributed by atoms with Gasteiger partial charge in [0.15, 0.2) is 8.32 Å². The molecule has 2 aliphatic rings. The largest absolute Gasteiger partial charge is 0.494 e. The molecule has 2 unspecified atom stereocenters. The molecular weight excluding hydrogens is 496 g/mol. The zero-order valence-corrected chi connectivity index (χ0v) is 24.4. The quantitative estimate of drug-likeness (QED) is 0.333. The van der Waals surface area contributed by atoms with Crippen LogP contribution in [0.2, 0.25) is 18.1 Å². The summed E-state index contributed by atoms with van der Waals surface area (Å²) in [5, 5.41) is 34.8. The Balaban J connectivity index is 1.66. The number of aromatic nitrogens is 1. The lowest BCUT2D eigenvalue weighted by Crippen LogP contribution is -2.42. The van der Waals surface area contributed by atoms with Gasteiger partial charge in [0, 0.05) is 37.3 Å². The first-order chi connectivity index (χ1) is 17.9. The second-order valence-electron chi connectivity index (χ2n) is 12.1. The normalized spacial score (nSPS) is 24.6. The number of fused-ring (bicyclic) bond motifs is 6. The summed E-state index contributed by atoms with van der Waals surface area (Å²) in [5.74, 6) is -0.0901. The van der Waals surface area contributed by atoms with Crippen molar-refractivity contribution in [3.05, 3.63) is 53.1 Å². The molecule has 3 heterocycles. The Morgan fingerprint density at radius 2 is 1.76 bits per heavy atom. The second-order valence-corrected chi connectivity index (χ2v) is 17.0. The minimum absolute atomic E-state index is 0.0374. The molecule has 3 aromatic rings. The van der Waals surface area contributed by atoms with Crippen molar-refractivity contribution in [2.45, 2.75) is 82.4 Å². The molecule has 3 atom stereocenters. The number of ether oxygens (including phenoxy) is 2. The summed E-state index contributed by atoms with van der Waals surface area (Å²) in [4.78, 5) is 0. The number of nitrogens with zero attached hydrogens (tertiary/aromatic N) is 2. The number of methoxy groups -OCH3 is 1. The van der Waals surface area contributed by atoms with Crippen LogP contribution in [0.25, 0.3) is 16.5 Å². The Bertz CT molecular complexity index is 1450. The van der Waals surface area contributed by atoms with Gasteiger partial charge >= 0.3 is 0 Å². The Kier molecular flexibility index (Phi) is 6.23. The molecule has 1 fully saturated rings. The van der Waals surface area contributed by atoms with Crippen molar-refractivity contribution in [1.82, 2.24) is 4.57 Å². The molecule has 0 radical (unpaired) electrons. The van der Waals surface area contributed by atoms with Crippen LogP contribution in [0.5, 0.6) is 11.8 Å². The number of benzene rings is 2. The number of hydrogen-bond acceptors (Lipinski definition) is 6. The van der Waals surface area contributed by atoms with E-state index in [0.717, 1.165) is 10.8 Å². The van der Waals surface area contributed by atoms with Gasteiger partial charge in [0.1, 0.15) is 11.2 Å². The highest BCUT2D eigenvalue weighted by molar-refractivity contribution is 6.74. The van der Waals surface area contributed by atoms with Gasteiger partial charge in [0.05, 0.1) is 34.6 Å². The van der Waals surface area contributed by atoms with Crippen molar-refractivity contribution in [3.8, 4) is 23.5 Å². The predicted molar refractivity (Wildman–Crippen MR) is 149 cm³/mol. The third kappa shape index (κ3) is 3.56. The maximum Gasteiger partial charge on any atom is 0.205 e. The molecule has 2 N–H and O–H groups in total. The summed E-state index contributed by atoms with van der Waals surface area (Å²) < 4.78 is 20.8. The molecule has 1 aromatic heterocycles. The molecule has 0 spiro atoms. The fraction of sp³-hybridized carbons (Fsp3) is 0.500. The highest BCUT2D eigenvalue weighted by Gasteiger charge is 2.68. The zero-order chi connectivity index (χ0) is 27.7. The monoisotopic (exact) mass is 534 g/mol. The predicted octanol–water partition coefficient (Wildman–Crippen LogP) is 6.57. The van der Waals surface area contributed by atoms with E-state index in [1.54, 1.807) is 19.2 Å². The Morgan fingerprint density at radius 3 is 2.37 bits per heavy atom. The molecule has 2 bridgehead atoms. The topological polar surface area (TPSA) is 96.9 Å². The van der Waals surface area contributed by atoms with Gasteiger partial charge in [-0.3, -0.25) is 4.57 Å². The van der Waals surface area contributed by atoms with E-state index in [4.69, 9.17) is 13.9 Å². The standard InChI is InChI=1S/C30H38N2O5Si/c1-8-30-23(35-5)17-29(37-30,15-16-36-38(6,7)28(2,3)4)24-25(30)27(34)32(26(24)33)22-14-13-19(18-31)20-11-9-10-12-21(20)22/h9-14,23,33-34H,8,15-17H2,1-7H3/t23-,29?,30?/m0/s1. The molecule has 202 valence electrons. The van der Waals surface area contributed by atoms with Gasteiger partial charge in [-0.15, -0.1) is 0 Å². The molecule has 5 rings (SSSR count). The first kappa shape index (κ1) is 26.8. The minimum Gasteiger partial charge on any atom is -0.494 e. The summed E-state index contributed by atoms with van der Waals surface area (Å²) in [6.45, 7) is 13.6. The SMILES string of the molecule is CCC12OC(CCO[Si](C)(C)C(C)(C)C)(C[C@@H]1OC)c1c2c(O)n(-c2ccc(C#N)c3ccccc23)c1O. The maximum atomic E-state index is 11.8. The molecule has 1 saturated heterocycles. The Morgan fingerprint density at radius 1 is 1.11 bits per heavy atom. The van der Waals surface area contributed by atoms with E-state index in [1.807, 2.05) is 31.2 Å². The van der Waals surface area contributed by atoms with Crippen molar-refractivity contribution in [1.29, 1.82) is 5.26 Å². The van der Waals surface area contributed by atoms with E-state index in [2.05, 4.69) is 39.9 Å². The van der Waals surface area contributed by atoms with Crippen molar-refractivity contribution in [3.63, 3.8) is 0 Å². The molecule has 38 heavy (non-hydrogen) atoms. The zero-order valence-electron chi connectivity index (χ0n) is 23.4. The number of nitriles is 1. The number of aromatic hydroxyl groups is 2. The van der Waals surface area contributed by atoms with Crippen LogP contribution in [0, 0.1) is 11.3 Å². The van der Waals surface area contributed by atoms with Gasteiger partial charge in [-0.1, -0.05) is 52.0 Å². The van der Waals surface area contributed by atoms with Crippen LogP contribution in [-0.2, 0) is 25.1 Å². The fourth-order valence-electron chi connectivity index (χ4n) is 6.19. The van der Waals surface area contributed by atoms with E-state index in [1.165, 1.54) is 4.57 Å². The second kappa shape index (κ2) is 8.85. The lowest BCUT2D eigenvalue weighted by molar-refractivity contribution is -0.125. The first-order valence-electron chi connectivity index (χ1n) is 13.3. The maximum absolute atomic E-state index is 11.8. The molecular formula is C30H38N2O5Si. The highest BCUT2D eigenvalue weighted by Crippen LogP contribution is 2.67. The molecule has 7 nitrogen and oxygen atoms in total. The van der Waals surface area contributed by atoms with Crippen LogP contribution in [0.1, 0.15) is 63.6 Å². The van der Waals surface area contributed by atoms with E-state index in [0.29, 0.717) is 48.2 Å². The minimum atomic E-state index is -1.99. The molecule has 0 amide bonds. The molecule has 8 heteroatoms. The van der Waals surface area contributed by atoms with E-state index >= 15 is 0 Å². The third-order valence-electron chi connectivity index (χ3n) is 9.26. The third-order valence-corrected chi connectivity index (χ3v) is 13.8. The molecule has 0 saturated carbocycles. The van der Waals surface area contributed by atoms with E-state index < -0.39 is 19.5 Å². The Labute approximate surface area is 225 Å². The van der Waals surface area contributed by atoms with Crippen LogP contribution in [0.3, 0.4) is 0 Å². The summed E-state index contributed by atoms with van der Waals surface area (Å²) in [6.07, 6.45) is 1.41.